The molecule has 0 spiro atoms. The van der Waals surface area contributed by atoms with Crippen molar-refractivity contribution in [2.24, 2.45) is 0 Å². The molecule has 1 atom stereocenters. The smallest absolute Gasteiger partial charge is 0.269 e. The maximum atomic E-state index is 13.8. The second kappa shape index (κ2) is 13.1. The van der Waals surface area contributed by atoms with Gasteiger partial charge in [0.05, 0.1) is 15.6 Å². The molecular weight excluding hydrogens is 585 g/mol. The molecule has 0 unspecified atom stereocenters. The van der Waals surface area contributed by atoms with E-state index in [-0.39, 0.29) is 60.7 Å². The summed E-state index contributed by atoms with van der Waals surface area (Å²) in [6.45, 7) is 3.59. The lowest BCUT2D eigenvalue weighted by molar-refractivity contribution is -0.141. The number of hydrogen-bond donors (Lipinski definition) is 1. The zero-order valence-corrected chi connectivity index (χ0v) is 25.0. The van der Waals surface area contributed by atoms with Gasteiger partial charge in [-0.1, -0.05) is 71.7 Å². The van der Waals surface area contributed by atoms with Crippen LogP contribution >= 0.6 is 23.2 Å². The highest BCUT2D eigenvalue weighted by molar-refractivity contribution is 7.90. The van der Waals surface area contributed by atoms with Crippen LogP contribution in [-0.2, 0) is 32.6 Å². The van der Waals surface area contributed by atoms with Crippen molar-refractivity contribution >= 4 is 50.9 Å². The van der Waals surface area contributed by atoms with E-state index in [0.717, 1.165) is 9.87 Å². The molecule has 1 heterocycles. The fourth-order valence-electron chi connectivity index (χ4n) is 4.74. The van der Waals surface area contributed by atoms with Crippen molar-refractivity contribution in [1.29, 1.82) is 0 Å². The van der Waals surface area contributed by atoms with Gasteiger partial charge in [0.1, 0.15) is 10.9 Å². The Morgan fingerprint density at radius 1 is 0.927 bits per heavy atom. The molecule has 0 radical (unpaired) electrons. The zero-order chi connectivity index (χ0) is 29.7. The highest BCUT2D eigenvalue weighted by atomic mass is 35.5. The molecule has 0 saturated heterocycles. The lowest BCUT2D eigenvalue weighted by Crippen LogP contribution is -2.51. The summed E-state index contributed by atoms with van der Waals surface area (Å²) in [4.78, 5) is 41.5. The van der Waals surface area contributed by atoms with E-state index >= 15 is 0 Å². The van der Waals surface area contributed by atoms with Crippen molar-refractivity contribution in [2.45, 2.75) is 56.6 Å². The van der Waals surface area contributed by atoms with Gasteiger partial charge in [0.25, 0.3) is 15.9 Å². The number of nitrogens with one attached hydrogen (secondary N) is 1. The standard InChI is InChI=1S/C30H31Cl2N3O5S/c1-20(2)33-29(37)26(18-21-9-4-3-5-10-21)34(19-22-14-15-24(31)25(32)17-22)28(36)13-8-16-35-30(38)23-11-6-7-12-27(23)41(35,39)40/h3-7,9-12,14-15,17,20,26H,8,13,16,18-19H2,1-2H3,(H,33,37)/t26-/m0/s1. The Bertz CT molecular complexity index is 1550. The Balaban J connectivity index is 1.58. The molecule has 3 aromatic rings. The van der Waals surface area contributed by atoms with E-state index in [4.69, 9.17) is 23.2 Å². The molecule has 41 heavy (non-hydrogen) atoms. The van der Waals surface area contributed by atoms with E-state index in [1.54, 1.807) is 30.3 Å². The van der Waals surface area contributed by atoms with Crippen molar-refractivity contribution in [1.82, 2.24) is 14.5 Å². The van der Waals surface area contributed by atoms with Crippen LogP contribution < -0.4 is 5.32 Å². The lowest BCUT2D eigenvalue weighted by atomic mass is 10.0. The molecule has 4 rings (SSSR count). The first-order valence-corrected chi connectivity index (χ1v) is 15.4. The number of amides is 3. The number of halogens is 2. The molecule has 0 aromatic heterocycles. The molecule has 0 saturated carbocycles. The Labute approximate surface area is 250 Å². The monoisotopic (exact) mass is 615 g/mol. The van der Waals surface area contributed by atoms with Crippen LogP contribution in [0.3, 0.4) is 0 Å². The maximum absolute atomic E-state index is 13.8. The van der Waals surface area contributed by atoms with Crippen molar-refractivity contribution in [3.05, 3.63) is 99.5 Å². The van der Waals surface area contributed by atoms with Crippen LogP contribution in [0.1, 0.15) is 48.2 Å². The molecule has 1 N–H and O–H groups in total. The summed E-state index contributed by atoms with van der Waals surface area (Å²) >= 11 is 12.3. The first kappa shape index (κ1) is 30.6. The normalized spacial score (nSPS) is 14.6. The minimum Gasteiger partial charge on any atom is -0.352 e. The average molecular weight is 617 g/mol. The fourth-order valence-corrected chi connectivity index (χ4v) is 6.67. The highest BCUT2D eigenvalue weighted by Gasteiger charge is 2.40. The molecule has 0 fully saturated rings. The predicted octanol–water partition coefficient (Wildman–Crippen LogP) is 5.08. The number of fused-ring (bicyclic) bond motifs is 1. The Hall–Kier alpha value is -3.40. The lowest BCUT2D eigenvalue weighted by Gasteiger charge is -2.32. The van der Waals surface area contributed by atoms with Crippen LogP contribution in [0.25, 0.3) is 0 Å². The van der Waals surface area contributed by atoms with Crippen LogP contribution in [0, 0.1) is 0 Å². The van der Waals surface area contributed by atoms with Crippen molar-refractivity contribution in [3.63, 3.8) is 0 Å². The third kappa shape index (κ3) is 7.09. The van der Waals surface area contributed by atoms with E-state index in [1.165, 1.54) is 17.0 Å². The van der Waals surface area contributed by atoms with E-state index < -0.39 is 22.0 Å². The topological polar surface area (TPSA) is 104 Å². The Morgan fingerprint density at radius 2 is 1.61 bits per heavy atom. The number of carbonyl (C=O) groups excluding carboxylic acids is 3. The quantitative estimate of drug-likeness (QED) is 0.324. The largest absolute Gasteiger partial charge is 0.352 e. The van der Waals surface area contributed by atoms with Crippen LogP contribution in [0.5, 0.6) is 0 Å². The molecule has 216 valence electrons. The van der Waals surface area contributed by atoms with E-state index in [0.29, 0.717) is 15.6 Å². The fraction of sp³-hybridized carbons (Fsp3) is 0.300. The van der Waals surface area contributed by atoms with Gasteiger partial charge in [-0.3, -0.25) is 14.4 Å². The van der Waals surface area contributed by atoms with Crippen LogP contribution in [0.15, 0.2) is 77.7 Å². The summed E-state index contributed by atoms with van der Waals surface area (Å²) in [6.07, 6.45) is 0.261. The van der Waals surface area contributed by atoms with Gasteiger partial charge in [0.15, 0.2) is 0 Å². The summed E-state index contributed by atoms with van der Waals surface area (Å²) < 4.78 is 26.7. The zero-order valence-electron chi connectivity index (χ0n) is 22.7. The van der Waals surface area contributed by atoms with Gasteiger partial charge in [0, 0.05) is 32.0 Å². The first-order valence-electron chi connectivity index (χ1n) is 13.2. The number of hydrogen-bond acceptors (Lipinski definition) is 5. The van der Waals surface area contributed by atoms with Gasteiger partial charge in [-0.05, 0) is 55.7 Å². The summed E-state index contributed by atoms with van der Waals surface area (Å²) in [5.41, 5.74) is 1.67. The molecule has 0 bridgehead atoms. The average Bonchev–Trinajstić information content (AvgIpc) is 3.13. The number of nitrogens with zero attached hydrogens (tertiary/aromatic N) is 2. The molecule has 3 amide bonds. The number of carbonyl (C=O) groups is 3. The second-order valence-electron chi connectivity index (χ2n) is 10.1. The molecule has 8 nitrogen and oxygen atoms in total. The van der Waals surface area contributed by atoms with Crippen molar-refractivity contribution in [3.8, 4) is 0 Å². The summed E-state index contributed by atoms with van der Waals surface area (Å²) in [6, 6.07) is 19.4. The van der Waals surface area contributed by atoms with Crippen LogP contribution in [-0.4, -0.2) is 54.0 Å². The van der Waals surface area contributed by atoms with Gasteiger partial charge in [-0.25, -0.2) is 12.7 Å². The molecular formula is C30H31Cl2N3O5S. The summed E-state index contributed by atoms with van der Waals surface area (Å²) in [5, 5.41) is 3.60. The number of sulfonamides is 1. The van der Waals surface area contributed by atoms with Gasteiger partial charge >= 0.3 is 0 Å². The third-order valence-corrected chi connectivity index (χ3v) is 9.28. The van der Waals surface area contributed by atoms with E-state index in [1.807, 2.05) is 44.2 Å². The van der Waals surface area contributed by atoms with Crippen LogP contribution in [0.2, 0.25) is 10.0 Å². The summed E-state index contributed by atoms with van der Waals surface area (Å²) in [7, 11) is -3.99. The highest BCUT2D eigenvalue weighted by Crippen LogP contribution is 2.30. The van der Waals surface area contributed by atoms with Gasteiger partial charge in [-0.15, -0.1) is 0 Å². The number of benzene rings is 3. The number of rotatable bonds is 11. The maximum Gasteiger partial charge on any atom is 0.269 e. The van der Waals surface area contributed by atoms with Crippen molar-refractivity contribution in [2.75, 3.05) is 6.54 Å². The summed E-state index contributed by atoms with van der Waals surface area (Å²) in [5.74, 6) is -1.29. The van der Waals surface area contributed by atoms with Crippen LogP contribution in [0.4, 0.5) is 0 Å². The third-order valence-electron chi connectivity index (χ3n) is 6.70. The Morgan fingerprint density at radius 3 is 2.27 bits per heavy atom. The van der Waals surface area contributed by atoms with Gasteiger partial charge < -0.3 is 10.2 Å². The molecule has 1 aliphatic rings. The molecule has 1 aliphatic heterocycles. The van der Waals surface area contributed by atoms with Crippen molar-refractivity contribution < 1.29 is 22.8 Å². The SMILES string of the molecule is CC(C)NC(=O)[C@H](Cc1ccccc1)N(Cc1ccc(Cl)c(Cl)c1)C(=O)CCCN1C(=O)c2ccccc2S1(=O)=O. The minimum absolute atomic E-state index is 0.0362. The van der Waals surface area contributed by atoms with E-state index in [9.17, 15) is 22.8 Å². The predicted molar refractivity (Wildman–Crippen MR) is 158 cm³/mol. The minimum atomic E-state index is -3.99. The Kier molecular flexibility index (Phi) is 9.73. The first-order chi connectivity index (χ1) is 19.5. The molecule has 0 aliphatic carbocycles. The van der Waals surface area contributed by atoms with Gasteiger partial charge in [-0.2, -0.15) is 0 Å². The van der Waals surface area contributed by atoms with Gasteiger partial charge in [0.2, 0.25) is 11.8 Å². The second-order valence-corrected chi connectivity index (χ2v) is 12.8. The molecule has 3 aromatic carbocycles. The molecule has 11 heteroatoms. The van der Waals surface area contributed by atoms with E-state index in [2.05, 4.69) is 5.32 Å².